The molecule has 1 saturated carbocycles. The van der Waals surface area contributed by atoms with E-state index in [1.807, 2.05) is 24.3 Å². The number of hydrogen-bond acceptors (Lipinski definition) is 3. The predicted octanol–water partition coefficient (Wildman–Crippen LogP) is 3.56. The Bertz CT molecular complexity index is 403. The molecule has 1 aliphatic rings. The topological polar surface area (TPSA) is 35.5 Å². The number of esters is 1. The maximum absolute atomic E-state index is 12.0. The average Bonchev–Trinajstić information content (AvgIpc) is 2.42. The fraction of sp³-hybridized carbons (Fsp3) is 0.562. The molecule has 3 heteroatoms. The van der Waals surface area contributed by atoms with Crippen molar-refractivity contribution < 1.29 is 14.3 Å². The summed E-state index contributed by atoms with van der Waals surface area (Å²) in [5.74, 6) is 1.38. The number of benzene rings is 1. The van der Waals surface area contributed by atoms with Gasteiger partial charge in [-0.25, -0.2) is 0 Å². The van der Waals surface area contributed by atoms with Crippen molar-refractivity contribution in [2.75, 3.05) is 7.11 Å². The van der Waals surface area contributed by atoms with E-state index in [1.165, 1.54) is 0 Å². The summed E-state index contributed by atoms with van der Waals surface area (Å²) in [7, 11) is 1.66. The van der Waals surface area contributed by atoms with E-state index < -0.39 is 0 Å². The normalized spacial score (nSPS) is 23.1. The van der Waals surface area contributed by atoms with Crippen molar-refractivity contribution in [3.63, 3.8) is 0 Å². The summed E-state index contributed by atoms with van der Waals surface area (Å²) >= 11 is 0. The van der Waals surface area contributed by atoms with Crippen molar-refractivity contribution in [1.29, 1.82) is 0 Å². The highest BCUT2D eigenvalue weighted by atomic mass is 16.5. The van der Waals surface area contributed by atoms with Gasteiger partial charge in [0.1, 0.15) is 5.75 Å². The van der Waals surface area contributed by atoms with E-state index in [0.29, 0.717) is 12.4 Å². The molecule has 0 unspecified atom stereocenters. The van der Waals surface area contributed by atoms with Gasteiger partial charge in [0.25, 0.3) is 0 Å². The quantitative estimate of drug-likeness (QED) is 0.614. The zero-order valence-corrected chi connectivity index (χ0v) is 11.7. The lowest BCUT2D eigenvalue weighted by molar-refractivity contribution is -0.140. The van der Waals surface area contributed by atoms with Crippen molar-refractivity contribution >= 4 is 5.97 Å². The Kier molecular flexibility index (Phi) is 4.97. The molecule has 0 N–H and O–H groups in total. The molecule has 3 nitrogen and oxygen atoms in total. The third kappa shape index (κ3) is 4.06. The second kappa shape index (κ2) is 6.71. The fourth-order valence-electron chi connectivity index (χ4n) is 2.52. The highest BCUT2D eigenvalue weighted by molar-refractivity contribution is 5.75. The minimum absolute atomic E-state index is 0.0774. The van der Waals surface area contributed by atoms with Gasteiger partial charge in [-0.3, -0.25) is 4.79 Å². The lowest BCUT2D eigenvalue weighted by atomic mass is 9.83. The highest BCUT2D eigenvalue weighted by Crippen LogP contribution is 2.29. The minimum Gasteiger partial charge on any atom is -0.426 e. The highest BCUT2D eigenvalue weighted by Gasteiger charge is 2.25. The first kappa shape index (κ1) is 14.1. The zero-order valence-electron chi connectivity index (χ0n) is 11.7. The van der Waals surface area contributed by atoms with E-state index in [9.17, 15) is 4.79 Å². The molecule has 104 valence electrons. The second-order valence-electron chi connectivity index (χ2n) is 5.45. The van der Waals surface area contributed by atoms with Crippen LogP contribution < -0.4 is 4.74 Å². The molecule has 0 bridgehead atoms. The van der Waals surface area contributed by atoms with Gasteiger partial charge < -0.3 is 9.47 Å². The maximum atomic E-state index is 12.0. The first-order valence-corrected chi connectivity index (χ1v) is 6.98. The summed E-state index contributed by atoms with van der Waals surface area (Å²) < 4.78 is 10.5. The van der Waals surface area contributed by atoms with Crippen molar-refractivity contribution in [1.82, 2.24) is 0 Å². The molecule has 0 saturated heterocycles. The Morgan fingerprint density at radius 2 is 1.79 bits per heavy atom. The van der Waals surface area contributed by atoms with E-state index in [1.54, 1.807) is 7.11 Å². The van der Waals surface area contributed by atoms with Crippen molar-refractivity contribution in [2.24, 2.45) is 11.8 Å². The number of rotatable bonds is 4. The number of ether oxygens (including phenoxy) is 2. The molecule has 1 fully saturated rings. The van der Waals surface area contributed by atoms with Gasteiger partial charge in [-0.2, -0.15) is 0 Å². The van der Waals surface area contributed by atoms with Gasteiger partial charge in [-0.15, -0.1) is 0 Å². The van der Waals surface area contributed by atoms with Crippen LogP contribution in [0.1, 0.15) is 38.2 Å². The third-order valence-electron chi connectivity index (χ3n) is 3.80. The van der Waals surface area contributed by atoms with Crippen molar-refractivity contribution in [2.45, 2.75) is 39.2 Å². The largest absolute Gasteiger partial charge is 0.426 e. The first-order valence-electron chi connectivity index (χ1n) is 6.98. The van der Waals surface area contributed by atoms with Gasteiger partial charge in [-0.1, -0.05) is 19.1 Å². The van der Waals surface area contributed by atoms with Crippen LogP contribution in [-0.4, -0.2) is 13.1 Å². The molecule has 1 aromatic carbocycles. The second-order valence-corrected chi connectivity index (χ2v) is 5.45. The predicted molar refractivity (Wildman–Crippen MR) is 73.9 cm³/mol. The average molecular weight is 262 g/mol. The van der Waals surface area contributed by atoms with Crippen LogP contribution in [0.3, 0.4) is 0 Å². The molecule has 0 aliphatic heterocycles. The minimum atomic E-state index is -0.0774. The Morgan fingerprint density at radius 1 is 1.16 bits per heavy atom. The smallest absolute Gasteiger partial charge is 0.314 e. The molecular formula is C16H22O3. The van der Waals surface area contributed by atoms with E-state index in [4.69, 9.17) is 9.47 Å². The van der Waals surface area contributed by atoms with Crippen molar-refractivity contribution in [3.05, 3.63) is 29.8 Å². The number of methoxy groups -OCH3 is 1. The monoisotopic (exact) mass is 262 g/mol. The van der Waals surface area contributed by atoms with E-state index >= 15 is 0 Å². The molecule has 19 heavy (non-hydrogen) atoms. The van der Waals surface area contributed by atoms with Gasteiger partial charge >= 0.3 is 5.97 Å². The molecule has 0 spiro atoms. The Balaban J connectivity index is 1.88. The van der Waals surface area contributed by atoms with Crippen molar-refractivity contribution in [3.8, 4) is 5.75 Å². The van der Waals surface area contributed by atoms with Crippen LogP contribution in [0.25, 0.3) is 0 Å². The Morgan fingerprint density at radius 3 is 2.37 bits per heavy atom. The number of carbonyl (C=O) groups is 1. The van der Waals surface area contributed by atoms with E-state index in [-0.39, 0.29) is 11.9 Å². The van der Waals surface area contributed by atoms with Gasteiger partial charge in [0.2, 0.25) is 0 Å². The Hall–Kier alpha value is -1.35. The molecular weight excluding hydrogens is 240 g/mol. The molecule has 0 atom stereocenters. The van der Waals surface area contributed by atoms with Crippen LogP contribution in [0, 0.1) is 11.8 Å². The maximum Gasteiger partial charge on any atom is 0.314 e. The van der Waals surface area contributed by atoms with Gasteiger partial charge in [0.05, 0.1) is 12.5 Å². The van der Waals surface area contributed by atoms with Crippen LogP contribution >= 0.6 is 0 Å². The zero-order chi connectivity index (χ0) is 13.7. The standard InChI is InChI=1S/C16H22O3/c1-12-3-7-14(8-4-12)16(17)19-15-9-5-13(6-10-15)11-18-2/h5-6,9-10,12,14H,3-4,7-8,11H2,1-2H3. The number of carbonyl (C=O) groups excluding carboxylic acids is 1. The lowest BCUT2D eigenvalue weighted by Crippen LogP contribution is -2.24. The molecule has 1 aromatic rings. The van der Waals surface area contributed by atoms with E-state index in [2.05, 4.69) is 6.92 Å². The Labute approximate surface area is 114 Å². The first-order chi connectivity index (χ1) is 9.19. The van der Waals surface area contributed by atoms with Crippen LogP contribution in [0.5, 0.6) is 5.75 Å². The lowest BCUT2D eigenvalue weighted by Gasteiger charge is -2.24. The van der Waals surface area contributed by atoms with Crippen LogP contribution in [0.15, 0.2) is 24.3 Å². The fourth-order valence-corrected chi connectivity index (χ4v) is 2.52. The molecule has 0 aromatic heterocycles. The summed E-state index contributed by atoms with van der Waals surface area (Å²) in [5.41, 5.74) is 1.08. The van der Waals surface area contributed by atoms with Crippen LogP contribution in [-0.2, 0) is 16.1 Å². The van der Waals surface area contributed by atoms with Crippen LogP contribution in [0.4, 0.5) is 0 Å². The van der Waals surface area contributed by atoms with Gasteiger partial charge in [-0.05, 0) is 49.3 Å². The van der Waals surface area contributed by atoms with Crippen LogP contribution in [0.2, 0.25) is 0 Å². The summed E-state index contributed by atoms with van der Waals surface area (Å²) in [6.45, 7) is 2.82. The third-order valence-corrected chi connectivity index (χ3v) is 3.80. The molecule has 0 radical (unpaired) electrons. The summed E-state index contributed by atoms with van der Waals surface area (Å²) in [6, 6.07) is 7.51. The number of hydrogen-bond donors (Lipinski definition) is 0. The SMILES string of the molecule is COCc1ccc(OC(=O)C2CCC(C)CC2)cc1. The molecule has 0 heterocycles. The molecule has 2 rings (SSSR count). The van der Waals surface area contributed by atoms with Gasteiger partial charge in [0, 0.05) is 7.11 Å². The van der Waals surface area contributed by atoms with E-state index in [0.717, 1.165) is 37.2 Å². The molecule has 0 amide bonds. The van der Waals surface area contributed by atoms with Gasteiger partial charge in [0.15, 0.2) is 0 Å². The summed E-state index contributed by atoms with van der Waals surface area (Å²) in [6.07, 6.45) is 4.18. The summed E-state index contributed by atoms with van der Waals surface area (Å²) in [5, 5.41) is 0. The summed E-state index contributed by atoms with van der Waals surface area (Å²) in [4.78, 5) is 12.0. The molecule has 1 aliphatic carbocycles.